The van der Waals surface area contributed by atoms with Crippen molar-refractivity contribution in [3.05, 3.63) is 47.0 Å². The van der Waals surface area contributed by atoms with Gasteiger partial charge in [0.25, 0.3) is 5.91 Å². The van der Waals surface area contributed by atoms with Crippen LogP contribution in [0.25, 0.3) is 10.2 Å². The molecule has 0 bridgehead atoms. The van der Waals surface area contributed by atoms with Gasteiger partial charge >= 0.3 is 0 Å². The zero-order valence-electron chi connectivity index (χ0n) is 18.9. The van der Waals surface area contributed by atoms with Crippen LogP contribution in [0.5, 0.6) is 5.75 Å². The standard InChI is InChI=1S/C23H25ClN4O4S2/c1-26(16-5-6-16)34(30,31)17-7-3-15(4-8-17)22(29)27-11-13-28(14-12-27)23-25-20-19(32-2)10-9-18(24)21(20)33-23/h3-4,7-10,16H,5-6,11-14H2,1-2H3. The summed E-state index contributed by atoms with van der Waals surface area (Å²) in [5, 5.41) is 1.49. The van der Waals surface area contributed by atoms with Gasteiger partial charge in [-0.2, -0.15) is 4.31 Å². The van der Waals surface area contributed by atoms with Crippen LogP contribution in [0.2, 0.25) is 5.02 Å². The van der Waals surface area contributed by atoms with Crippen molar-refractivity contribution in [2.45, 2.75) is 23.8 Å². The van der Waals surface area contributed by atoms with Crippen molar-refractivity contribution in [2.24, 2.45) is 0 Å². The predicted molar refractivity (Wildman–Crippen MR) is 134 cm³/mol. The molecule has 0 atom stereocenters. The Morgan fingerprint density at radius 1 is 1.12 bits per heavy atom. The van der Waals surface area contributed by atoms with E-state index in [-0.39, 0.29) is 16.8 Å². The lowest BCUT2D eigenvalue weighted by atomic mass is 10.2. The molecule has 1 aliphatic heterocycles. The number of aromatic nitrogens is 1. The number of nitrogens with zero attached hydrogens (tertiary/aromatic N) is 4. The van der Waals surface area contributed by atoms with Crippen LogP contribution in [0, 0.1) is 0 Å². The molecule has 11 heteroatoms. The van der Waals surface area contributed by atoms with Gasteiger partial charge in [0.05, 0.1) is 21.7 Å². The highest BCUT2D eigenvalue weighted by Crippen LogP contribution is 2.39. The maximum absolute atomic E-state index is 13.0. The van der Waals surface area contributed by atoms with Crippen molar-refractivity contribution in [1.82, 2.24) is 14.2 Å². The molecule has 5 rings (SSSR count). The van der Waals surface area contributed by atoms with Crippen LogP contribution in [0.4, 0.5) is 5.13 Å². The number of carbonyl (C=O) groups is 1. The number of anilines is 1. The van der Waals surface area contributed by atoms with Gasteiger partial charge in [0.2, 0.25) is 10.0 Å². The van der Waals surface area contributed by atoms with Crippen LogP contribution in [0.3, 0.4) is 0 Å². The summed E-state index contributed by atoms with van der Waals surface area (Å²) in [5.41, 5.74) is 1.23. The number of sulfonamides is 1. The summed E-state index contributed by atoms with van der Waals surface area (Å²) in [6, 6.07) is 9.96. The van der Waals surface area contributed by atoms with Gasteiger partial charge in [-0.25, -0.2) is 13.4 Å². The van der Waals surface area contributed by atoms with E-state index in [1.807, 2.05) is 12.1 Å². The molecule has 1 amide bonds. The summed E-state index contributed by atoms with van der Waals surface area (Å²) in [4.78, 5) is 21.9. The minimum Gasteiger partial charge on any atom is -0.494 e. The molecule has 2 aromatic carbocycles. The number of amides is 1. The number of ether oxygens (including phenoxy) is 1. The quantitative estimate of drug-likeness (QED) is 0.493. The van der Waals surface area contributed by atoms with E-state index in [1.165, 1.54) is 27.8 Å². The van der Waals surface area contributed by atoms with Gasteiger partial charge in [-0.1, -0.05) is 22.9 Å². The number of carbonyl (C=O) groups excluding carboxylic acids is 1. The van der Waals surface area contributed by atoms with Crippen molar-refractivity contribution in [2.75, 3.05) is 45.2 Å². The molecule has 0 unspecified atom stereocenters. The Morgan fingerprint density at radius 2 is 1.79 bits per heavy atom. The summed E-state index contributed by atoms with van der Waals surface area (Å²) in [5.74, 6) is 0.581. The van der Waals surface area contributed by atoms with E-state index in [2.05, 4.69) is 4.90 Å². The van der Waals surface area contributed by atoms with E-state index < -0.39 is 10.0 Å². The first-order chi connectivity index (χ1) is 16.3. The fourth-order valence-electron chi connectivity index (χ4n) is 4.09. The van der Waals surface area contributed by atoms with Gasteiger partial charge < -0.3 is 14.5 Å². The van der Waals surface area contributed by atoms with Crippen LogP contribution in [-0.4, -0.2) is 74.9 Å². The summed E-state index contributed by atoms with van der Waals surface area (Å²) in [6.45, 7) is 2.38. The minimum atomic E-state index is -3.52. The zero-order valence-corrected chi connectivity index (χ0v) is 21.3. The fraction of sp³-hybridized carbons (Fsp3) is 0.391. The first kappa shape index (κ1) is 23.3. The molecule has 34 heavy (non-hydrogen) atoms. The Bertz CT molecular complexity index is 1330. The molecule has 8 nitrogen and oxygen atoms in total. The molecule has 2 heterocycles. The second-order valence-corrected chi connectivity index (χ2v) is 11.9. The summed E-state index contributed by atoms with van der Waals surface area (Å²) in [6.07, 6.45) is 1.80. The molecule has 2 fully saturated rings. The minimum absolute atomic E-state index is 0.0927. The number of halogens is 1. The van der Waals surface area contributed by atoms with Crippen LogP contribution in [0.15, 0.2) is 41.3 Å². The maximum Gasteiger partial charge on any atom is 0.253 e. The van der Waals surface area contributed by atoms with Gasteiger partial charge in [-0.05, 0) is 49.2 Å². The highest BCUT2D eigenvalue weighted by Gasteiger charge is 2.35. The molecule has 2 aliphatic rings. The first-order valence-corrected chi connectivity index (χ1v) is 13.7. The van der Waals surface area contributed by atoms with E-state index in [9.17, 15) is 13.2 Å². The van der Waals surface area contributed by atoms with E-state index in [0.717, 1.165) is 28.2 Å². The fourth-order valence-corrected chi connectivity index (χ4v) is 6.82. The number of hydrogen-bond acceptors (Lipinski definition) is 7. The van der Waals surface area contributed by atoms with E-state index >= 15 is 0 Å². The maximum atomic E-state index is 13.0. The number of piperazine rings is 1. The van der Waals surface area contributed by atoms with Gasteiger partial charge in [-0.15, -0.1) is 0 Å². The molecule has 1 aromatic heterocycles. The first-order valence-electron chi connectivity index (χ1n) is 11.0. The van der Waals surface area contributed by atoms with Crippen LogP contribution < -0.4 is 9.64 Å². The molecule has 3 aromatic rings. The highest BCUT2D eigenvalue weighted by molar-refractivity contribution is 7.89. The lowest BCUT2D eigenvalue weighted by Crippen LogP contribution is -2.48. The number of benzene rings is 2. The molecule has 1 saturated carbocycles. The smallest absolute Gasteiger partial charge is 0.253 e. The van der Waals surface area contributed by atoms with Gasteiger partial charge in [-0.3, -0.25) is 4.79 Å². The topological polar surface area (TPSA) is 83.0 Å². The largest absolute Gasteiger partial charge is 0.494 e. The Hall–Kier alpha value is -2.40. The Morgan fingerprint density at radius 3 is 2.41 bits per heavy atom. The van der Waals surface area contributed by atoms with Crippen molar-refractivity contribution in [1.29, 1.82) is 0 Å². The predicted octanol–water partition coefficient (Wildman–Crippen LogP) is 3.70. The third-order valence-electron chi connectivity index (χ3n) is 6.34. The number of rotatable bonds is 6. The second kappa shape index (κ2) is 8.99. The third-order valence-corrected chi connectivity index (χ3v) is 9.84. The molecule has 0 radical (unpaired) electrons. The van der Waals surface area contributed by atoms with E-state index in [4.69, 9.17) is 21.3 Å². The summed E-state index contributed by atoms with van der Waals surface area (Å²) in [7, 11) is -0.300. The summed E-state index contributed by atoms with van der Waals surface area (Å²) >= 11 is 7.87. The van der Waals surface area contributed by atoms with Crippen molar-refractivity contribution in [3.8, 4) is 5.75 Å². The number of hydrogen-bond donors (Lipinski definition) is 0. The molecule has 0 N–H and O–H groups in total. The molecular formula is C23H25ClN4O4S2. The average Bonchev–Trinajstić information content (AvgIpc) is 3.61. The Balaban J connectivity index is 1.26. The monoisotopic (exact) mass is 520 g/mol. The lowest BCUT2D eigenvalue weighted by molar-refractivity contribution is 0.0746. The van der Waals surface area contributed by atoms with Gasteiger partial charge in [0, 0.05) is 44.8 Å². The van der Waals surface area contributed by atoms with Crippen molar-refractivity contribution in [3.63, 3.8) is 0 Å². The third kappa shape index (κ3) is 4.24. The van der Waals surface area contributed by atoms with Crippen LogP contribution >= 0.6 is 22.9 Å². The highest BCUT2D eigenvalue weighted by atomic mass is 35.5. The van der Waals surface area contributed by atoms with Crippen LogP contribution in [-0.2, 0) is 10.0 Å². The SMILES string of the molecule is COc1ccc(Cl)c2sc(N3CCN(C(=O)c4ccc(S(=O)(=O)N(C)C5CC5)cc4)CC3)nc12. The zero-order chi connectivity index (χ0) is 24.0. The number of fused-ring (bicyclic) bond motifs is 1. The van der Waals surface area contributed by atoms with Gasteiger partial charge in [0.15, 0.2) is 5.13 Å². The Labute approximate surface area is 207 Å². The lowest BCUT2D eigenvalue weighted by Gasteiger charge is -2.34. The summed E-state index contributed by atoms with van der Waals surface area (Å²) < 4.78 is 33.1. The molecule has 180 valence electrons. The molecule has 1 saturated heterocycles. The molecule has 0 spiro atoms. The number of thiazole rings is 1. The van der Waals surface area contributed by atoms with E-state index in [0.29, 0.717) is 42.5 Å². The Kier molecular flexibility index (Phi) is 6.18. The molecular weight excluding hydrogens is 496 g/mol. The van der Waals surface area contributed by atoms with E-state index in [1.54, 1.807) is 31.2 Å². The normalized spacial score (nSPS) is 16.9. The second-order valence-electron chi connectivity index (χ2n) is 8.48. The molecule has 1 aliphatic carbocycles. The van der Waals surface area contributed by atoms with Crippen molar-refractivity contribution < 1.29 is 17.9 Å². The number of methoxy groups -OCH3 is 1. The van der Waals surface area contributed by atoms with Gasteiger partial charge in [0.1, 0.15) is 11.3 Å². The van der Waals surface area contributed by atoms with Crippen LogP contribution in [0.1, 0.15) is 23.2 Å². The average molecular weight is 521 g/mol. The van der Waals surface area contributed by atoms with Crippen molar-refractivity contribution >= 4 is 54.2 Å².